The Morgan fingerprint density at radius 3 is 2.65 bits per heavy atom. The Kier molecular flexibility index (Phi) is 3.26. The van der Waals surface area contributed by atoms with Crippen molar-refractivity contribution in [3.63, 3.8) is 0 Å². The van der Waals surface area contributed by atoms with Gasteiger partial charge in [-0.05, 0) is 24.6 Å². The van der Waals surface area contributed by atoms with Crippen molar-refractivity contribution in [3.8, 4) is 0 Å². The summed E-state index contributed by atoms with van der Waals surface area (Å²) in [4.78, 5) is 12.0. The quantitative estimate of drug-likeness (QED) is 0.292. The number of hydrogen-bond acceptors (Lipinski definition) is 3. The third-order valence-electron chi connectivity index (χ3n) is 2.83. The molecule has 1 aromatic rings. The van der Waals surface area contributed by atoms with Gasteiger partial charge in [0.2, 0.25) is 0 Å². The number of rotatable bonds is 3. The van der Waals surface area contributed by atoms with E-state index in [1.807, 2.05) is 0 Å². The molecular formula is C11H10Cl2N2O2. The normalized spacial score (nSPS) is 23.5. The van der Waals surface area contributed by atoms with Crippen LogP contribution in [0.5, 0.6) is 0 Å². The topological polar surface area (TPSA) is 75.7 Å². The maximum absolute atomic E-state index is 12.0. The second-order valence-electron chi connectivity index (χ2n) is 3.97. The van der Waals surface area contributed by atoms with Crippen LogP contribution in [-0.4, -0.2) is 16.8 Å². The minimum Gasteiger partial charge on any atom is -0.409 e. The summed E-state index contributed by atoms with van der Waals surface area (Å²) in [5, 5.41) is 12.2. The van der Waals surface area contributed by atoms with E-state index in [2.05, 4.69) is 5.16 Å². The molecule has 90 valence electrons. The van der Waals surface area contributed by atoms with Gasteiger partial charge in [0.05, 0.1) is 10.0 Å². The van der Waals surface area contributed by atoms with Crippen molar-refractivity contribution < 1.29 is 10.0 Å². The Labute approximate surface area is 108 Å². The van der Waals surface area contributed by atoms with Gasteiger partial charge in [0.15, 0.2) is 5.78 Å². The van der Waals surface area contributed by atoms with Gasteiger partial charge in [-0.3, -0.25) is 4.79 Å². The van der Waals surface area contributed by atoms with E-state index in [-0.39, 0.29) is 23.5 Å². The summed E-state index contributed by atoms with van der Waals surface area (Å²) < 4.78 is 0. The van der Waals surface area contributed by atoms with E-state index in [0.717, 1.165) is 0 Å². The smallest absolute Gasteiger partial charge is 0.166 e. The number of oxime groups is 1. The Bertz CT molecular complexity index is 502. The highest BCUT2D eigenvalue weighted by Crippen LogP contribution is 2.41. The Morgan fingerprint density at radius 2 is 2.06 bits per heavy atom. The second-order valence-corrected chi connectivity index (χ2v) is 4.78. The van der Waals surface area contributed by atoms with Gasteiger partial charge in [-0.25, -0.2) is 0 Å². The first-order valence-corrected chi connectivity index (χ1v) is 5.77. The van der Waals surface area contributed by atoms with E-state index in [4.69, 9.17) is 34.1 Å². The molecule has 0 heterocycles. The number of amidine groups is 1. The summed E-state index contributed by atoms with van der Waals surface area (Å²) in [7, 11) is 0. The van der Waals surface area contributed by atoms with Crippen molar-refractivity contribution in [2.45, 2.75) is 6.42 Å². The highest BCUT2D eigenvalue weighted by atomic mass is 35.5. The van der Waals surface area contributed by atoms with Crippen LogP contribution >= 0.6 is 23.2 Å². The number of nitrogens with zero attached hydrogens (tertiary/aromatic N) is 1. The fraction of sp³-hybridized carbons (Fsp3) is 0.273. The maximum Gasteiger partial charge on any atom is 0.166 e. The van der Waals surface area contributed by atoms with Gasteiger partial charge in [-0.2, -0.15) is 0 Å². The molecule has 1 saturated carbocycles. The van der Waals surface area contributed by atoms with E-state index in [0.29, 0.717) is 22.0 Å². The predicted molar refractivity (Wildman–Crippen MR) is 65.8 cm³/mol. The molecular weight excluding hydrogens is 263 g/mol. The number of ketones is 1. The fourth-order valence-electron chi connectivity index (χ4n) is 1.75. The molecule has 4 nitrogen and oxygen atoms in total. The molecule has 1 aliphatic carbocycles. The zero-order valence-corrected chi connectivity index (χ0v) is 10.2. The number of halogens is 2. The molecule has 1 aliphatic rings. The van der Waals surface area contributed by atoms with Gasteiger partial charge >= 0.3 is 0 Å². The molecule has 1 aromatic carbocycles. The van der Waals surface area contributed by atoms with Crippen LogP contribution in [0.3, 0.4) is 0 Å². The molecule has 0 unspecified atom stereocenters. The van der Waals surface area contributed by atoms with Crippen LogP contribution in [-0.2, 0) is 0 Å². The van der Waals surface area contributed by atoms with E-state index in [1.54, 1.807) is 12.1 Å². The van der Waals surface area contributed by atoms with Gasteiger partial charge in [0.25, 0.3) is 0 Å². The van der Waals surface area contributed by atoms with Crippen LogP contribution in [0.25, 0.3) is 0 Å². The summed E-state index contributed by atoms with van der Waals surface area (Å²) in [5.74, 6) is -0.339. The molecule has 0 amide bonds. The van der Waals surface area contributed by atoms with Crippen molar-refractivity contribution in [2.75, 3.05) is 0 Å². The van der Waals surface area contributed by atoms with Gasteiger partial charge in [0, 0.05) is 17.4 Å². The lowest BCUT2D eigenvalue weighted by molar-refractivity contribution is 0.0964. The first-order valence-electron chi connectivity index (χ1n) is 5.01. The zero-order valence-electron chi connectivity index (χ0n) is 8.73. The molecule has 0 saturated heterocycles. The lowest BCUT2D eigenvalue weighted by Gasteiger charge is -2.02. The zero-order chi connectivity index (χ0) is 12.6. The van der Waals surface area contributed by atoms with E-state index in [1.165, 1.54) is 6.07 Å². The van der Waals surface area contributed by atoms with Gasteiger partial charge in [0.1, 0.15) is 5.84 Å². The molecule has 2 atom stereocenters. The number of hydrogen-bond donors (Lipinski definition) is 2. The van der Waals surface area contributed by atoms with Crippen LogP contribution in [0.4, 0.5) is 0 Å². The van der Waals surface area contributed by atoms with Gasteiger partial charge in [-0.1, -0.05) is 28.4 Å². The van der Waals surface area contributed by atoms with Crippen LogP contribution in [0.2, 0.25) is 10.0 Å². The molecule has 3 N–H and O–H groups in total. The monoisotopic (exact) mass is 272 g/mol. The van der Waals surface area contributed by atoms with E-state index >= 15 is 0 Å². The molecule has 0 spiro atoms. The number of nitrogens with two attached hydrogens (primary N) is 1. The Morgan fingerprint density at radius 1 is 1.35 bits per heavy atom. The Balaban J connectivity index is 2.14. The lowest BCUT2D eigenvalue weighted by Crippen LogP contribution is -2.17. The lowest BCUT2D eigenvalue weighted by atomic mass is 10.1. The van der Waals surface area contributed by atoms with Crippen molar-refractivity contribution >= 4 is 34.8 Å². The summed E-state index contributed by atoms with van der Waals surface area (Å²) in [6, 6.07) is 4.74. The third-order valence-corrected chi connectivity index (χ3v) is 3.57. The summed E-state index contributed by atoms with van der Waals surface area (Å²) >= 11 is 11.6. The first kappa shape index (κ1) is 12.2. The third kappa shape index (κ3) is 2.37. The number of benzene rings is 1. The minimum atomic E-state index is -0.219. The van der Waals surface area contributed by atoms with E-state index in [9.17, 15) is 4.79 Å². The van der Waals surface area contributed by atoms with Crippen molar-refractivity contribution in [3.05, 3.63) is 33.8 Å². The second kappa shape index (κ2) is 4.55. The maximum atomic E-state index is 12.0. The van der Waals surface area contributed by atoms with Crippen LogP contribution in [0, 0.1) is 11.8 Å². The average molecular weight is 273 g/mol. The number of carbonyl (C=O) groups excluding carboxylic acids is 1. The molecule has 6 heteroatoms. The number of Topliss-reactive ketones (excluding diaryl/α,β-unsaturated/α-hetero) is 1. The van der Waals surface area contributed by atoms with Crippen LogP contribution < -0.4 is 5.73 Å². The summed E-state index contributed by atoms with van der Waals surface area (Å²) in [5.41, 5.74) is 5.94. The molecule has 0 aliphatic heterocycles. The predicted octanol–water partition coefficient (Wildman–Crippen LogP) is 2.56. The largest absolute Gasteiger partial charge is 0.409 e. The highest BCUT2D eigenvalue weighted by Gasteiger charge is 2.46. The summed E-state index contributed by atoms with van der Waals surface area (Å²) in [6.45, 7) is 0. The average Bonchev–Trinajstić information content (AvgIpc) is 3.11. The molecule has 2 rings (SSSR count). The number of carbonyl (C=O) groups is 1. The highest BCUT2D eigenvalue weighted by molar-refractivity contribution is 6.42. The fourth-order valence-corrected chi connectivity index (χ4v) is 2.05. The molecule has 1 fully saturated rings. The van der Waals surface area contributed by atoms with Crippen molar-refractivity contribution in [1.82, 2.24) is 0 Å². The van der Waals surface area contributed by atoms with Gasteiger partial charge < -0.3 is 10.9 Å². The summed E-state index contributed by atoms with van der Waals surface area (Å²) in [6.07, 6.45) is 0.606. The van der Waals surface area contributed by atoms with Crippen molar-refractivity contribution in [1.29, 1.82) is 0 Å². The first-order chi connectivity index (χ1) is 8.04. The Hall–Kier alpha value is -1.26. The van der Waals surface area contributed by atoms with Crippen molar-refractivity contribution in [2.24, 2.45) is 22.7 Å². The molecule has 0 radical (unpaired) electrons. The molecule has 17 heavy (non-hydrogen) atoms. The minimum absolute atomic E-state index is 0.0554. The van der Waals surface area contributed by atoms with Gasteiger partial charge in [-0.15, -0.1) is 0 Å². The van der Waals surface area contributed by atoms with Crippen LogP contribution in [0.1, 0.15) is 16.8 Å². The SMILES string of the molecule is N/C(=N\O)[C@H]1C[C@@H]1C(=O)c1ccc(Cl)c(Cl)c1. The van der Waals surface area contributed by atoms with E-state index < -0.39 is 0 Å². The van der Waals surface area contributed by atoms with Crippen LogP contribution in [0.15, 0.2) is 23.4 Å². The standard InChI is InChI=1S/C11H10Cl2N2O2/c12-8-2-1-5(3-9(8)13)10(16)6-4-7(6)11(14)15-17/h1-3,6-7,17H,4H2,(H2,14,15)/t6-,7-/m0/s1. The molecule has 0 bridgehead atoms. The molecule has 0 aromatic heterocycles.